The SMILES string of the molecule is Cc1ccc(N2CCC(C(=O)NCCN3CCc4ccccc43)CC2)cc1. The van der Waals surface area contributed by atoms with Crippen molar-refractivity contribution in [3.05, 3.63) is 59.7 Å². The molecule has 1 fully saturated rings. The number of fused-ring (bicyclic) bond motifs is 1. The van der Waals surface area contributed by atoms with Gasteiger partial charge in [-0.25, -0.2) is 0 Å². The van der Waals surface area contributed by atoms with Gasteiger partial charge in [-0.1, -0.05) is 35.9 Å². The van der Waals surface area contributed by atoms with Gasteiger partial charge in [0.05, 0.1) is 0 Å². The first kappa shape index (κ1) is 17.9. The van der Waals surface area contributed by atoms with E-state index in [4.69, 9.17) is 0 Å². The Hall–Kier alpha value is -2.49. The summed E-state index contributed by atoms with van der Waals surface area (Å²) in [5.74, 6) is 0.378. The van der Waals surface area contributed by atoms with Gasteiger partial charge < -0.3 is 15.1 Å². The molecule has 4 heteroatoms. The molecule has 2 aromatic carbocycles. The van der Waals surface area contributed by atoms with Gasteiger partial charge in [0.15, 0.2) is 0 Å². The van der Waals surface area contributed by atoms with Gasteiger partial charge in [0, 0.05) is 50.0 Å². The van der Waals surface area contributed by atoms with Crippen LogP contribution in [0.5, 0.6) is 0 Å². The first-order valence-corrected chi connectivity index (χ1v) is 10.1. The summed E-state index contributed by atoms with van der Waals surface area (Å²) >= 11 is 0. The van der Waals surface area contributed by atoms with Crippen molar-refractivity contribution in [3.8, 4) is 0 Å². The maximum atomic E-state index is 12.6. The van der Waals surface area contributed by atoms with E-state index in [9.17, 15) is 4.79 Å². The molecule has 4 rings (SSSR count). The number of rotatable bonds is 5. The average molecular weight is 364 g/mol. The highest BCUT2D eigenvalue weighted by atomic mass is 16.1. The second kappa shape index (κ2) is 8.03. The number of amides is 1. The fourth-order valence-electron chi connectivity index (χ4n) is 4.25. The van der Waals surface area contributed by atoms with E-state index in [1.165, 1.54) is 22.5 Å². The number of carbonyl (C=O) groups is 1. The number of nitrogens with zero attached hydrogens (tertiary/aromatic N) is 2. The summed E-state index contributed by atoms with van der Waals surface area (Å²) in [6, 6.07) is 17.3. The Morgan fingerprint density at radius 1 is 1.04 bits per heavy atom. The van der Waals surface area contributed by atoms with Gasteiger partial charge in [-0.2, -0.15) is 0 Å². The second-order valence-corrected chi connectivity index (χ2v) is 7.75. The van der Waals surface area contributed by atoms with Crippen molar-refractivity contribution in [3.63, 3.8) is 0 Å². The number of hydrogen-bond acceptors (Lipinski definition) is 3. The topological polar surface area (TPSA) is 35.6 Å². The highest BCUT2D eigenvalue weighted by Crippen LogP contribution is 2.27. The molecule has 1 amide bonds. The van der Waals surface area contributed by atoms with Gasteiger partial charge in [0.1, 0.15) is 0 Å². The number of hydrogen-bond donors (Lipinski definition) is 1. The molecule has 0 saturated carbocycles. The zero-order valence-corrected chi connectivity index (χ0v) is 16.2. The van der Waals surface area contributed by atoms with E-state index < -0.39 is 0 Å². The van der Waals surface area contributed by atoms with Crippen molar-refractivity contribution in [2.45, 2.75) is 26.2 Å². The van der Waals surface area contributed by atoms with Crippen LogP contribution in [-0.4, -0.2) is 38.6 Å². The van der Waals surface area contributed by atoms with Crippen LogP contribution in [0.2, 0.25) is 0 Å². The Bertz CT molecular complexity index is 778. The highest BCUT2D eigenvalue weighted by molar-refractivity contribution is 5.79. The van der Waals surface area contributed by atoms with Crippen LogP contribution in [0.3, 0.4) is 0 Å². The molecule has 0 atom stereocenters. The van der Waals surface area contributed by atoms with E-state index in [0.29, 0.717) is 0 Å². The van der Waals surface area contributed by atoms with Crippen molar-refractivity contribution in [1.29, 1.82) is 0 Å². The predicted octanol–water partition coefficient (Wildman–Crippen LogP) is 3.39. The summed E-state index contributed by atoms with van der Waals surface area (Å²) in [4.78, 5) is 17.3. The van der Waals surface area contributed by atoms with Crippen molar-refractivity contribution in [2.24, 2.45) is 5.92 Å². The Balaban J connectivity index is 1.22. The van der Waals surface area contributed by atoms with Crippen molar-refractivity contribution >= 4 is 17.3 Å². The van der Waals surface area contributed by atoms with E-state index in [2.05, 4.69) is 70.6 Å². The molecule has 2 aliphatic rings. The second-order valence-electron chi connectivity index (χ2n) is 7.75. The van der Waals surface area contributed by atoms with E-state index in [-0.39, 0.29) is 11.8 Å². The lowest BCUT2D eigenvalue weighted by Gasteiger charge is -2.33. The number of nitrogens with one attached hydrogen (secondary N) is 1. The van der Waals surface area contributed by atoms with Gasteiger partial charge in [-0.05, 0) is 49.9 Å². The monoisotopic (exact) mass is 363 g/mol. The fraction of sp³-hybridized carbons (Fsp3) is 0.435. The Morgan fingerprint density at radius 3 is 2.56 bits per heavy atom. The van der Waals surface area contributed by atoms with Crippen LogP contribution in [0.15, 0.2) is 48.5 Å². The number of piperidine rings is 1. The molecular weight excluding hydrogens is 334 g/mol. The smallest absolute Gasteiger partial charge is 0.223 e. The number of aryl methyl sites for hydroxylation is 1. The molecule has 2 aromatic rings. The Kier molecular flexibility index (Phi) is 5.33. The van der Waals surface area contributed by atoms with Crippen molar-refractivity contribution in [2.75, 3.05) is 42.5 Å². The summed E-state index contributed by atoms with van der Waals surface area (Å²) in [6.45, 7) is 6.71. The molecule has 2 heterocycles. The molecule has 2 aliphatic heterocycles. The van der Waals surface area contributed by atoms with E-state index in [1.807, 2.05) is 0 Å². The van der Waals surface area contributed by atoms with Crippen LogP contribution < -0.4 is 15.1 Å². The van der Waals surface area contributed by atoms with Crippen LogP contribution in [0.4, 0.5) is 11.4 Å². The van der Waals surface area contributed by atoms with Crippen molar-refractivity contribution in [1.82, 2.24) is 5.32 Å². The quantitative estimate of drug-likeness (QED) is 0.884. The minimum absolute atomic E-state index is 0.151. The van der Waals surface area contributed by atoms with E-state index in [0.717, 1.165) is 52.0 Å². The lowest BCUT2D eigenvalue weighted by atomic mass is 9.95. The molecule has 27 heavy (non-hydrogen) atoms. The van der Waals surface area contributed by atoms with Gasteiger partial charge in [0.25, 0.3) is 0 Å². The molecule has 1 N–H and O–H groups in total. The third-order valence-electron chi connectivity index (χ3n) is 5.93. The maximum absolute atomic E-state index is 12.6. The van der Waals surface area contributed by atoms with Crippen LogP contribution in [0.1, 0.15) is 24.0 Å². The maximum Gasteiger partial charge on any atom is 0.223 e. The largest absolute Gasteiger partial charge is 0.371 e. The first-order chi connectivity index (χ1) is 13.2. The number of carbonyl (C=O) groups excluding carboxylic acids is 1. The van der Waals surface area contributed by atoms with Crippen LogP contribution in [-0.2, 0) is 11.2 Å². The van der Waals surface area contributed by atoms with Gasteiger partial charge >= 0.3 is 0 Å². The van der Waals surface area contributed by atoms with Crippen molar-refractivity contribution < 1.29 is 4.79 Å². The summed E-state index contributed by atoms with van der Waals surface area (Å²) in [7, 11) is 0. The third-order valence-corrected chi connectivity index (χ3v) is 5.93. The molecule has 142 valence electrons. The molecule has 0 radical (unpaired) electrons. The summed E-state index contributed by atoms with van der Waals surface area (Å²) < 4.78 is 0. The lowest BCUT2D eigenvalue weighted by Crippen LogP contribution is -2.42. The molecule has 4 nitrogen and oxygen atoms in total. The minimum Gasteiger partial charge on any atom is -0.371 e. The number of anilines is 2. The third kappa shape index (κ3) is 4.10. The van der Waals surface area contributed by atoms with Crippen LogP contribution in [0, 0.1) is 12.8 Å². The number of benzene rings is 2. The van der Waals surface area contributed by atoms with Crippen LogP contribution >= 0.6 is 0 Å². The van der Waals surface area contributed by atoms with Gasteiger partial charge in [-0.15, -0.1) is 0 Å². The van der Waals surface area contributed by atoms with Gasteiger partial charge in [-0.3, -0.25) is 4.79 Å². The highest BCUT2D eigenvalue weighted by Gasteiger charge is 2.25. The Labute approximate surface area is 162 Å². The van der Waals surface area contributed by atoms with E-state index in [1.54, 1.807) is 0 Å². The predicted molar refractivity (Wildman–Crippen MR) is 111 cm³/mol. The average Bonchev–Trinajstić information content (AvgIpc) is 3.12. The lowest BCUT2D eigenvalue weighted by molar-refractivity contribution is -0.125. The molecule has 0 unspecified atom stereocenters. The molecule has 0 bridgehead atoms. The molecular formula is C23H29N3O. The Morgan fingerprint density at radius 2 is 1.78 bits per heavy atom. The first-order valence-electron chi connectivity index (χ1n) is 10.1. The summed E-state index contributed by atoms with van der Waals surface area (Å²) in [5.41, 5.74) is 5.31. The fourth-order valence-corrected chi connectivity index (χ4v) is 4.25. The summed E-state index contributed by atoms with van der Waals surface area (Å²) in [6.07, 6.45) is 2.99. The molecule has 1 saturated heterocycles. The van der Waals surface area contributed by atoms with Gasteiger partial charge in [0.2, 0.25) is 5.91 Å². The molecule has 0 aromatic heterocycles. The standard InChI is InChI=1S/C23H29N3O/c1-18-6-8-21(9-7-18)25-14-11-20(12-15-25)23(27)24-13-17-26-16-10-19-4-2-3-5-22(19)26/h2-9,20H,10-17H2,1H3,(H,24,27). The zero-order chi connectivity index (χ0) is 18.6. The van der Waals surface area contributed by atoms with E-state index >= 15 is 0 Å². The number of para-hydroxylation sites is 1. The summed E-state index contributed by atoms with van der Waals surface area (Å²) in [5, 5.41) is 3.17. The normalized spacial score (nSPS) is 17.1. The molecule has 0 aliphatic carbocycles. The minimum atomic E-state index is 0.151. The van der Waals surface area contributed by atoms with Crippen LogP contribution in [0.25, 0.3) is 0 Å². The zero-order valence-electron chi connectivity index (χ0n) is 16.2. The molecule has 0 spiro atoms.